The predicted molar refractivity (Wildman–Crippen MR) is 74.1 cm³/mol. The minimum absolute atomic E-state index is 0.311. The molecule has 1 saturated carbocycles. The van der Waals surface area contributed by atoms with Crippen molar-refractivity contribution in [2.24, 2.45) is 11.7 Å². The molecule has 3 unspecified atom stereocenters. The Morgan fingerprint density at radius 3 is 2.59 bits per heavy atom. The van der Waals surface area contributed by atoms with Crippen molar-refractivity contribution in [3.8, 4) is 0 Å². The van der Waals surface area contributed by atoms with Crippen molar-refractivity contribution in [2.45, 2.75) is 76.8 Å². The summed E-state index contributed by atoms with van der Waals surface area (Å²) in [6.07, 6.45) is 11.0. The van der Waals surface area contributed by atoms with Crippen LogP contribution in [-0.2, 0) is 0 Å². The third-order valence-corrected chi connectivity index (χ3v) is 5.37. The molecule has 3 atom stereocenters. The third-order valence-electron chi connectivity index (χ3n) is 5.37. The summed E-state index contributed by atoms with van der Waals surface area (Å²) in [5.41, 5.74) is 6.48. The quantitative estimate of drug-likeness (QED) is 0.797. The van der Waals surface area contributed by atoms with Gasteiger partial charge in [-0.1, -0.05) is 33.1 Å². The molecule has 100 valence electrons. The molecule has 1 aliphatic carbocycles. The summed E-state index contributed by atoms with van der Waals surface area (Å²) in [5.74, 6) is 0.984. The van der Waals surface area contributed by atoms with E-state index in [1.807, 2.05) is 0 Å². The van der Waals surface area contributed by atoms with Gasteiger partial charge in [0.05, 0.1) is 0 Å². The summed E-state index contributed by atoms with van der Waals surface area (Å²) in [6, 6.07) is 0.860. The van der Waals surface area contributed by atoms with Crippen LogP contribution in [0.25, 0.3) is 0 Å². The summed E-state index contributed by atoms with van der Waals surface area (Å²) in [7, 11) is 0. The van der Waals surface area contributed by atoms with Crippen LogP contribution < -0.4 is 5.73 Å². The van der Waals surface area contributed by atoms with E-state index >= 15 is 0 Å². The average molecular weight is 238 g/mol. The molecule has 2 N–H and O–H groups in total. The molecule has 2 aliphatic rings. The maximum atomic E-state index is 6.16. The molecule has 2 fully saturated rings. The Morgan fingerprint density at radius 1 is 1.18 bits per heavy atom. The van der Waals surface area contributed by atoms with Gasteiger partial charge in [-0.2, -0.15) is 0 Å². The van der Waals surface area contributed by atoms with Gasteiger partial charge in [-0.15, -0.1) is 0 Å². The first-order valence-electron chi connectivity index (χ1n) is 7.74. The van der Waals surface area contributed by atoms with Gasteiger partial charge < -0.3 is 5.73 Å². The van der Waals surface area contributed by atoms with Crippen LogP contribution in [0.1, 0.15) is 65.2 Å². The fourth-order valence-corrected chi connectivity index (χ4v) is 4.35. The topological polar surface area (TPSA) is 29.3 Å². The average Bonchev–Trinajstić information content (AvgIpc) is 2.81. The summed E-state index contributed by atoms with van der Waals surface area (Å²) in [5, 5.41) is 0. The lowest BCUT2D eigenvalue weighted by Gasteiger charge is -2.46. The highest BCUT2D eigenvalue weighted by Gasteiger charge is 2.44. The largest absolute Gasteiger partial charge is 0.329 e. The number of fused-ring (bicyclic) bond motifs is 1. The molecule has 0 aromatic carbocycles. The van der Waals surface area contributed by atoms with Crippen molar-refractivity contribution in [1.82, 2.24) is 4.90 Å². The molecular formula is C15H30N2. The standard InChI is InChI=1S/C15H30N2/c1-3-10-15(4-2,12-16)17-11-9-13-7-5-6-8-14(13)17/h13-14H,3-12,16H2,1-2H3. The number of hydrogen-bond donors (Lipinski definition) is 1. The molecule has 0 aromatic heterocycles. The zero-order chi connectivity index (χ0) is 12.3. The minimum atomic E-state index is 0.311. The molecular weight excluding hydrogens is 208 g/mol. The molecule has 2 nitrogen and oxygen atoms in total. The van der Waals surface area contributed by atoms with Gasteiger partial charge in [0.15, 0.2) is 0 Å². The minimum Gasteiger partial charge on any atom is -0.329 e. The lowest BCUT2D eigenvalue weighted by atomic mass is 9.82. The van der Waals surface area contributed by atoms with E-state index in [1.54, 1.807) is 0 Å². The van der Waals surface area contributed by atoms with E-state index < -0.39 is 0 Å². The fourth-order valence-electron chi connectivity index (χ4n) is 4.35. The van der Waals surface area contributed by atoms with Gasteiger partial charge in [-0.05, 0) is 44.6 Å². The van der Waals surface area contributed by atoms with Crippen molar-refractivity contribution in [3.05, 3.63) is 0 Å². The summed E-state index contributed by atoms with van der Waals surface area (Å²) >= 11 is 0. The Balaban J connectivity index is 2.13. The number of rotatable bonds is 5. The molecule has 0 radical (unpaired) electrons. The normalized spacial score (nSPS) is 33.4. The summed E-state index contributed by atoms with van der Waals surface area (Å²) in [6.45, 7) is 6.79. The number of nitrogens with zero attached hydrogens (tertiary/aromatic N) is 1. The van der Waals surface area contributed by atoms with Crippen molar-refractivity contribution in [1.29, 1.82) is 0 Å². The number of nitrogens with two attached hydrogens (primary N) is 1. The van der Waals surface area contributed by atoms with E-state index in [9.17, 15) is 0 Å². The zero-order valence-electron chi connectivity index (χ0n) is 11.8. The molecule has 1 heterocycles. The Morgan fingerprint density at radius 2 is 1.94 bits per heavy atom. The molecule has 1 aliphatic heterocycles. The van der Waals surface area contributed by atoms with Gasteiger partial charge in [-0.25, -0.2) is 0 Å². The highest BCUT2D eigenvalue weighted by atomic mass is 15.3. The maximum absolute atomic E-state index is 6.16. The second-order valence-corrected chi connectivity index (χ2v) is 6.13. The van der Waals surface area contributed by atoms with Gasteiger partial charge in [0.25, 0.3) is 0 Å². The molecule has 0 aromatic rings. The van der Waals surface area contributed by atoms with Gasteiger partial charge in [0.2, 0.25) is 0 Å². The molecule has 0 bridgehead atoms. The Labute approximate surface area is 107 Å². The molecule has 0 amide bonds. The van der Waals surface area contributed by atoms with E-state index in [-0.39, 0.29) is 0 Å². The summed E-state index contributed by atoms with van der Waals surface area (Å²) < 4.78 is 0. The van der Waals surface area contributed by atoms with Crippen LogP contribution in [0.2, 0.25) is 0 Å². The second-order valence-electron chi connectivity index (χ2n) is 6.13. The first-order valence-corrected chi connectivity index (χ1v) is 7.74. The van der Waals surface area contributed by atoms with E-state index in [4.69, 9.17) is 5.73 Å². The van der Waals surface area contributed by atoms with Crippen LogP contribution in [0.15, 0.2) is 0 Å². The van der Waals surface area contributed by atoms with E-state index in [2.05, 4.69) is 18.7 Å². The number of hydrogen-bond acceptors (Lipinski definition) is 2. The third kappa shape index (κ3) is 2.39. The van der Waals surface area contributed by atoms with Crippen LogP contribution in [0.4, 0.5) is 0 Å². The first-order chi connectivity index (χ1) is 8.27. The van der Waals surface area contributed by atoms with Crippen molar-refractivity contribution in [2.75, 3.05) is 13.1 Å². The monoisotopic (exact) mass is 238 g/mol. The Bertz CT molecular complexity index is 235. The highest BCUT2D eigenvalue weighted by Crippen LogP contribution is 2.41. The van der Waals surface area contributed by atoms with Crippen LogP contribution >= 0.6 is 0 Å². The van der Waals surface area contributed by atoms with Crippen LogP contribution in [0.3, 0.4) is 0 Å². The van der Waals surface area contributed by atoms with E-state index in [0.29, 0.717) is 5.54 Å². The molecule has 1 saturated heterocycles. The van der Waals surface area contributed by atoms with Crippen molar-refractivity contribution in [3.63, 3.8) is 0 Å². The van der Waals surface area contributed by atoms with Crippen molar-refractivity contribution >= 4 is 0 Å². The fraction of sp³-hybridized carbons (Fsp3) is 1.00. The van der Waals surface area contributed by atoms with Crippen LogP contribution in [0, 0.1) is 5.92 Å². The lowest BCUT2D eigenvalue weighted by Crippen LogP contribution is -2.56. The summed E-state index contributed by atoms with van der Waals surface area (Å²) in [4.78, 5) is 2.82. The lowest BCUT2D eigenvalue weighted by molar-refractivity contribution is 0.0437. The first kappa shape index (κ1) is 13.4. The second kappa shape index (κ2) is 5.71. The molecule has 17 heavy (non-hydrogen) atoms. The van der Waals surface area contributed by atoms with Crippen molar-refractivity contribution < 1.29 is 0 Å². The highest BCUT2D eigenvalue weighted by molar-refractivity contribution is 5.00. The van der Waals surface area contributed by atoms with Crippen LogP contribution in [0.5, 0.6) is 0 Å². The molecule has 2 heteroatoms. The Kier molecular flexibility index (Phi) is 4.48. The van der Waals surface area contributed by atoms with Gasteiger partial charge in [0, 0.05) is 18.1 Å². The Hall–Kier alpha value is -0.0800. The predicted octanol–water partition coefficient (Wildman–Crippen LogP) is 3.16. The number of likely N-dealkylation sites (tertiary alicyclic amines) is 1. The zero-order valence-corrected chi connectivity index (χ0v) is 11.8. The van der Waals surface area contributed by atoms with Crippen LogP contribution in [-0.4, -0.2) is 29.6 Å². The molecule has 2 rings (SSSR count). The van der Waals surface area contributed by atoms with E-state index in [0.717, 1.165) is 18.5 Å². The SMILES string of the molecule is CCCC(CC)(CN)N1CCC2CCCCC21. The van der Waals surface area contributed by atoms with Gasteiger partial charge >= 0.3 is 0 Å². The van der Waals surface area contributed by atoms with Gasteiger partial charge in [-0.3, -0.25) is 4.90 Å². The van der Waals surface area contributed by atoms with E-state index in [1.165, 1.54) is 57.9 Å². The maximum Gasteiger partial charge on any atom is 0.0332 e. The smallest absolute Gasteiger partial charge is 0.0332 e. The van der Waals surface area contributed by atoms with Gasteiger partial charge in [0.1, 0.15) is 0 Å². The molecule has 0 spiro atoms.